The molecule has 8 heteroatoms. The Morgan fingerprint density at radius 3 is 2.65 bits per heavy atom. The first kappa shape index (κ1) is 17.7. The number of benzene rings is 1. The standard InChI is InChI=1S/C15H15ClN2O3S2/c1-18(2)15(21)17-13-12(14(19)20)11(8-23-13)22-7-9-5-3-4-6-10(9)16/h3-6,8H,7H2,1-2H3,(H,17,21)(H,19,20). The summed E-state index contributed by atoms with van der Waals surface area (Å²) in [4.78, 5) is 25.2. The number of thiophene rings is 1. The summed E-state index contributed by atoms with van der Waals surface area (Å²) in [6, 6.07) is 7.06. The molecule has 122 valence electrons. The molecule has 0 aliphatic carbocycles. The third-order valence-corrected chi connectivity index (χ3v) is 5.44. The zero-order valence-electron chi connectivity index (χ0n) is 12.5. The molecule has 1 aromatic heterocycles. The van der Waals surface area contributed by atoms with E-state index in [1.54, 1.807) is 25.5 Å². The topological polar surface area (TPSA) is 69.6 Å². The van der Waals surface area contributed by atoms with E-state index in [9.17, 15) is 14.7 Å². The van der Waals surface area contributed by atoms with Gasteiger partial charge in [-0.25, -0.2) is 9.59 Å². The highest BCUT2D eigenvalue weighted by Crippen LogP contribution is 2.37. The van der Waals surface area contributed by atoms with Crippen molar-refractivity contribution in [2.75, 3.05) is 19.4 Å². The van der Waals surface area contributed by atoms with Gasteiger partial charge in [0.05, 0.1) is 0 Å². The number of thioether (sulfide) groups is 1. The van der Waals surface area contributed by atoms with E-state index in [0.29, 0.717) is 20.7 Å². The number of carbonyl (C=O) groups is 2. The van der Waals surface area contributed by atoms with Crippen LogP contribution >= 0.6 is 34.7 Å². The number of amides is 2. The molecule has 0 saturated carbocycles. The molecule has 2 amide bonds. The van der Waals surface area contributed by atoms with E-state index in [1.165, 1.54) is 28.0 Å². The third kappa shape index (κ3) is 4.40. The first-order chi connectivity index (χ1) is 10.9. The number of carbonyl (C=O) groups excluding carboxylic acids is 1. The second-order valence-corrected chi connectivity index (χ2v) is 7.12. The van der Waals surface area contributed by atoms with Crippen molar-refractivity contribution in [2.45, 2.75) is 10.6 Å². The van der Waals surface area contributed by atoms with E-state index in [4.69, 9.17) is 11.6 Å². The molecule has 0 saturated heterocycles. The summed E-state index contributed by atoms with van der Waals surface area (Å²) < 4.78 is 0. The van der Waals surface area contributed by atoms with Crippen LogP contribution in [0.4, 0.5) is 9.80 Å². The average molecular weight is 371 g/mol. The average Bonchev–Trinajstić information content (AvgIpc) is 2.89. The van der Waals surface area contributed by atoms with Crippen LogP contribution in [0.1, 0.15) is 15.9 Å². The highest BCUT2D eigenvalue weighted by molar-refractivity contribution is 7.98. The van der Waals surface area contributed by atoms with Crippen LogP contribution in [0, 0.1) is 0 Å². The molecular weight excluding hydrogens is 356 g/mol. The lowest BCUT2D eigenvalue weighted by Crippen LogP contribution is -2.27. The molecule has 2 N–H and O–H groups in total. The van der Waals surface area contributed by atoms with Crippen molar-refractivity contribution in [2.24, 2.45) is 0 Å². The molecule has 1 heterocycles. The van der Waals surface area contributed by atoms with Gasteiger partial charge in [0.15, 0.2) is 0 Å². The number of hydrogen-bond donors (Lipinski definition) is 2. The van der Waals surface area contributed by atoms with Crippen molar-refractivity contribution in [3.05, 3.63) is 45.8 Å². The molecular formula is C15H15ClN2O3S2. The van der Waals surface area contributed by atoms with E-state index >= 15 is 0 Å². The fraction of sp³-hybridized carbons (Fsp3) is 0.200. The number of rotatable bonds is 5. The molecule has 2 rings (SSSR count). The lowest BCUT2D eigenvalue weighted by molar-refractivity contribution is 0.0695. The Morgan fingerprint density at radius 2 is 2.04 bits per heavy atom. The van der Waals surface area contributed by atoms with E-state index in [0.717, 1.165) is 5.56 Å². The van der Waals surface area contributed by atoms with Crippen LogP contribution in [-0.4, -0.2) is 36.1 Å². The number of carboxylic acid groups (broad SMARTS) is 1. The lowest BCUT2D eigenvalue weighted by Gasteiger charge is -2.11. The van der Waals surface area contributed by atoms with Crippen molar-refractivity contribution in [3.8, 4) is 0 Å². The van der Waals surface area contributed by atoms with Gasteiger partial charge >= 0.3 is 12.0 Å². The molecule has 23 heavy (non-hydrogen) atoms. The normalized spacial score (nSPS) is 10.4. The second-order valence-electron chi connectivity index (χ2n) is 4.81. The number of anilines is 1. The van der Waals surface area contributed by atoms with Gasteiger partial charge in [-0.1, -0.05) is 29.8 Å². The van der Waals surface area contributed by atoms with Gasteiger partial charge in [-0.3, -0.25) is 5.32 Å². The number of nitrogens with one attached hydrogen (secondary N) is 1. The molecule has 5 nitrogen and oxygen atoms in total. The Labute approximate surface area is 147 Å². The number of aromatic carboxylic acids is 1. The molecule has 0 fully saturated rings. The summed E-state index contributed by atoms with van der Waals surface area (Å²) >= 11 is 8.69. The maximum absolute atomic E-state index is 11.7. The predicted octanol–water partition coefficient (Wildman–Crippen LogP) is 4.49. The van der Waals surface area contributed by atoms with Crippen LogP contribution in [0.2, 0.25) is 5.02 Å². The van der Waals surface area contributed by atoms with E-state index in [1.807, 2.05) is 18.2 Å². The zero-order chi connectivity index (χ0) is 17.0. The molecule has 0 atom stereocenters. The molecule has 2 aromatic rings. The number of urea groups is 1. The summed E-state index contributed by atoms with van der Waals surface area (Å²) in [5.74, 6) is -0.514. The summed E-state index contributed by atoms with van der Waals surface area (Å²) in [5.41, 5.74) is 1.04. The quantitative estimate of drug-likeness (QED) is 0.761. The third-order valence-electron chi connectivity index (χ3n) is 2.94. The van der Waals surface area contributed by atoms with Crippen molar-refractivity contribution in [1.29, 1.82) is 0 Å². The summed E-state index contributed by atoms with van der Waals surface area (Å²) in [6.07, 6.45) is 0. The van der Waals surface area contributed by atoms with E-state index < -0.39 is 5.97 Å². The molecule has 0 aliphatic heterocycles. The molecule has 1 aromatic carbocycles. The van der Waals surface area contributed by atoms with Crippen molar-refractivity contribution >= 4 is 51.7 Å². The van der Waals surface area contributed by atoms with E-state index in [2.05, 4.69) is 5.32 Å². The fourth-order valence-corrected chi connectivity index (χ4v) is 4.19. The Balaban J connectivity index is 2.19. The van der Waals surface area contributed by atoms with Crippen molar-refractivity contribution in [1.82, 2.24) is 4.90 Å². The maximum Gasteiger partial charge on any atom is 0.339 e. The van der Waals surface area contributed by atoms with Gasteiger partial charge in [0.25, 0.3) is 0 Å². The van der Waals surface area contributed by atoms with Crippen LogP contribution in [-0.2, 0) is 5.75 Å². The van der Waals surface area contributed by atoms with Gasteiger partial charge in [-0.2, -0.15) is 0 Å². The summed E-state index contributed by atoms with van der Waals surface area (Å²) in [5, 5.41) is 14.8. The molecule has 0 aliphatic rings. The summed E-state index contributed by atoms with van der Waals surface area (Å²) in [6.45, 7) is 0. The number of carboxylic acids is 1. The van der Waals surface area contributed by atoms with Crippen molar-refractivity contribution < 1.29 is 14.7 Å². The largest absolute Gasteiger partial charge is 0.478 e. The smallest absolute Gasteiger partial charge is 0.339 e. The van der Waals surface area contributed by atoms with Gasteiger partial charge in [0.1, 0.15) is 10.6 Å². The lowest BCUT2D eigenvalue weighted by atomic mass is 10.2. The molecule has 0 bridgehead atoms. The minimum atomic E-state index is -1.07. The van der Waals surface area contributed by atoms with Crippen molar-refractivity contribution in [3.63, 3.8) is 0 Å². The van der Waals surface area contributed by atoms with Gasteiger partial charge in [0, 0.05) is 35.1 Å². The van der Waals surface area contributed by atoms with Crippen LogP contribution < -0.4 is 5.32 Å². The van der Waals surface area contributed by atoms with Crippen LogP contribution in [0.15, 0.2) is 34.5 Å². The monoisotopic (exact) mass is 370 g/mol. The maximum atomic E-state index is 11.7. The highest BCUT2D eigenvalue weighted by Gasteiger charge is 2.21. The fourth-order valence-electron chi connectivity index (χ4n) is 1.72. The predicted molar refractivity (Wildman–Crippen MR) is 95.0 cm³/mol. The van der Waals surface area contributed by atoms with Crippen LogP contribution in [0.5, 0.6) is 0 Å². The van der Waals surface area contributed by atoms with Gasteiger partial charge < -0.3 is 10.0 Å². The minimum absolute atomic E-state index is 0.113. The Morgan fingerprint density at radius 1 is 1.35 bits per heavy atom. The summed E-state index contributed by atoms with van der Waals surface area (Å²) in [7, 11) is 3.19. The van der Waals surface area contributed by atoms with Crippen LogP contribution in [0.3, 0.4) is 0 Å². The molecule has 0 spiro atoms. The number of halogens is 1. The molecule has 0 radical (unpaired) electrons. The second kappa shape index (κ2) is 7.72. The first-order valence-corrected chi connectivity index (χ1v) is 8.83. The number of hydrogen-bond acceptors (Lipinski definition) is 4. The Kier molecular flexibility index (Phi) is 5.92. The highest BCUT2D eigenvalue weighted by atomic mass is 35.5. The Hall–Kier alpha value is -1.70. The minimum Gasteiger partial charge on any atom is -0.478 e. The van der Waals surface area contributed by atoms with Crippen LogP contribution in [0.25, 0.3) is 0 Å². The van der Waals surface area contributed by atoms with Gasteiger partial charge in [0.2, 0.25) is 0 Å². The van der Waals surface area contributed by atoms with Gasteiger partial charge in [-0.05, 0) is 11.6 Å². The SMILES string of the molecule is CN(C)C(=O)Nc1scc(SCc2ccccc2Cl)c1C(=O)O. The van der Waals surface area contributed by atoms with Gasteiger partial charge in [-0.15, -0.1) is 23.1 Å². The van der Waals surface area contributed by atoms with E-state index in [-0.39, 0.29) is 11.6 Å². The zero-order valence-corrected chi connectivity index (χ0v) is 14.9. The molecule has 0 unspecified atom stereocenters. The number of nitrogens with zero attached hydrogens (tertiary/aromatic N) is 1. The first-order valence-electron chi connectivity index (χ1n) is 6.59. The Bertz CT molecular complexity index is 731.